The maximum atomic E-state index is 10.5. The molecule has 0 amide bonds. The summed E-state index contributed by atoms with van der Waals surface area (Å²) in [4.78, 5) is 10.5. The van der Waals surface area contributed by atoms with Crippen molar-refractivity contribution in [2.75, 3.05) is 13.2 Å². The number of aliphatic hydroxyl groups is 1. The van der Waals surface area contributed by atoms with E-state index in [1.165, 1.54) is 0 Å². The summed E-state index contributed by atoms with van der Waals surface area (Å²) < 4.78 is 5.57. The van der Waals surface area contributed by atoms with Crippen LogP contribution in [0.4, 0.5) is 0 Å². The molecule has 0 aliphatic heterocycles. The highest BCUT2D eigenvalue weighted by atomic mass is 16.5. The van der Waals surface area contributed by atoms with E-state index < -0.39 is 5.97 Å². The Balaban J connectivity index is 2.32. The predicted molar refractivity (Wildman–Crippen MR) is 68.8 cm³/mol. The molecule has 0 saturated heterocycles. The SMILES string of the molecule is O=C(O)CCc1cccc(OCCCCCO)c1. The third-order valence-corrected chi connectivity index (χ3v) is 2.60. The van der Waals surface area contributed by atoms with Gasteiger partial charge in [-0.05, 0) is 43.4 Å². The highest BCUT2D eigenvalue weighted by Crippen LogP contribution is 2.15. The molecule has 0 heterocycles. The van der Waals surface area contributed by atoms with Gasteiger partial charge in [0, 0.05) is 13.0 Å². The highest BCUT2D eigenvalue weighted by Gasteiger charge is 2.01. The van der Waals surface area contributed by atoms with Gasteiger partial charge in [0.15, 0.2) is 0 Å². The van der Waals surface area contributed by atoms with Gasteiger partial charge in [-0.3, -0.25) is 4.79 Å². The summed E-state index contributed by atoms with van der Waals surface area (Å²) in [5.74, 6) is -0.00721. The number of rotatable bonds is 9. The van der Waals surface area contributed by atoms with Crippen LogP contribution in [-0.4, -0.2) is 29.4 Å². The molecule has 0 bridgehead atoms. The van der Waals surface area contributed by atoms with Gasteiger partial charge in [-0.1, -0.05) is 12.1 Å². The van der Waals surface area contributed by atoms with Crippen molar-refractivity contribution in [3.05, 3.63) is 29.8 Å². The van der Waals surface area contributed by atoms with Crippen molar-refractivity contribution in [1.29, 1.82) is 0 Å². The molecule has 4 heteroatoms. The van der Waals surface area contributed by atoms with Gasteiger partial charge < -0.3 is 14.9 Å². The summed E-state index contributed by atoms with van der Waals surface area (Å²) in [6.45, 7) is 0.854. The first-order chi connectivity index (χ1) is 8.72. The maximum absolute atomic E-state index is 10.5. The quantitative estimate of drug-likeness (QED) is 0.661. The van der Waals surface area contributed by atoms with Gasteiger partial charge in [0.25, 0.3) is 0 Å². The van der Waals surface area contributed by atoms with Gasteiger partial charge in [-0.25, -0.2) is 0 Å². The van der Waals surface area contributed by atoms with E-state index in [-0.39, 0.29) is 13.0 Å². The van der Waals surface area contributed by atoms with E-state index in [9.17, 15) is 4.79 Å². The van der Waals surface area contributed by atoms with Crippen LogP contribution in [0.3, 0.4) is 0 Å². The molecule has 1 aromatic carbocycles. The van der Waals surface area contributed by atoms with Crippen LogP contribution < -0.4 is 4.74 Å². The molecule has 0 aliphatic rings. The Morgan fingerprint density at radius 3 is 2.78 bits per heavy atom. The normalized spacial score (nSPS) is 10.3. The fraction of sp³-hybridized carbons (Fsp3) is 0.500. The molecule has 0 saturated carbocycles. The van der Waals surface area contributed by atoms with Crippen LogP contribution in [0.5, 0.6) is 5.75 Å². The van der Waals surface area contributed by atoms with E-state index >= 15 is 0 Å². The summed E-state index contributed by atoms with van der Waals surface area (Å²) in [6.07, 6.45) is 3.34. The molecule has 0 unspecified atom stereocenters. The Labute approximate surface area is 107 Å². The average molecular weight is 252 g/mol. The number of aryl methyl sites for hydroxylation is 1. The molecule has 2 N–H and O–H groups in total. The van der Waals surface area contributed by atoms with Gasteiger partial charge in [0.1, 0.15) is 5.75 Å². The number of hydrogen-bond acceptors (Lipinski definition) is 3. The Morgan fingerprint density at radius 2 is 2.06 bits per heavy atom. The van der Waals surface area contributed by atoms with Crippen molar-refractivity contribution in [2.45, 2.75) is 32.1 Å². The molecule has 1 rings (SSSR count). The van der Waals surface area contributed by atoms with E-state index in [2.05, 4.69) is 0 Å². The summed E-state index contributed by atoms with van der Waals surface area (Å²) in [6, 6.07) is 7.53. The number of aliphatic carboxylic acids is 1. The van der Waals surface area contributed by atoms with Crippen LogP contribution in [0.25, 0.3) is 0 Å². The Morgan fingerprint density at radius 1 is 1.22 bits per heavy atom. The number of unbranched alkanes of at least 4 members (excludes halogenated alkanes) is 2. The van der Waals surface area contributed by atoms with Crippen molar-refractivity contribution in [3.8, 4) is 5.75 Å². The smallest absolute Gasteiger partial charge is 0.303 e. The zero-order chi connectivity index (χ0) is 13.2. The molecule has 0 atom stereocenters. The van der Waals surface area contributed by atoms with Crippen LogP contribution in [0.15, 0.2) is 24.3 Å². The Hall–Kier alpha value is -1.55. The van der Waals surface area contributed by atoms with E-state index in [4.69, 9.17) is 14.9 Å². The molecule has 100 valence electrons. The first-order valence-electron chi connectivity index (χ1n) is 6.27. The summed E-state index contributed by atoms with van der Waals surface area (Å²) in [7, 11) is 0. The van der Waals surface area contributed by atoms with Gasteiger partial charge in [0.2, 0.25) is 0 Å². The first kappa shape index (κ1) is 14.5. The Bertz CT molecular complexity index is 363. The van der Waals surface area contributed by atoms with Crippen LogP contribution in [0.1, 0.15) is 31.2 Å². The number of ether oxygens (including phenoxy) is 1. The van der Waals surface area contributed by atoms with Crippen molar-refractivity contribution < 1.29 is 19.7 Å². The Kier molecular flexibility index (Phi) is 6.87. The van der Waals surface area contributed by atoms with Crippen LogP contribution in [-0.2, 0) is 11.2 Å². The standard InChI is InChI=1S/C14H20O4/c15-9-2-1-3-10-18-13-6-4-5-12(11-13)7-8-14(16)17/h4-6,11,15H,1-3,7-10H2,(H,16,17). The molecule has 1 aromatic rings. The van der Waals surface area contributed by atoms with Crippen LogP contribution >= 0.6 is 0 Å². The second kappa shape index (κ2) is 8.53. The molecule has 0 aromatic heterocycles. The first-order valence-corrected chi connectivity index (χ1v) is 6.27. The van der Waals surface area contributed by atoms with Crippen molar-refractivity contribution in [3.63, 3.8) is 0 Å². The number of carbonyl (C=O) groups is 1. The average Bonchev–Trinajstić information content (AvgIpc) is 2.37. The minimum Gasteiger partial charge on any atom is -0.494 e. The number of aliphatic hydroxyl groups excluding tert-OH is 1. The van der Waals surface area contributed by atoms with Gasteiger partial charge >= 0.3 is 5.97 Å². The number of benzene rings is 1. The fourth-order valence-electron chi connectivity index (χ4n) is 1.62. The lowest BCUT2D eigenvalue weighted by atomic mass is 10.1. The summed E-state index contributed by atoms with van der Waals surface area (Å²) >= 11 is 0. The largest absolute Gasteiger partial charge is 0.494 e. The molecule has 4 nitrogen and oxygen atoms in total. The summed E-state index contributed by atoms with van der Waals surface area (Å²) in [5, 5.41) is 17.3. The van der Waals surface area contributed by atoms with Gasteiger partial charge in [-0.2, -0.15) is 0 Å². The highest BCUT2D eigenvalue weighted by molar-refractivity contribution is 5.67. The molecule has 0 radical (unpaired) electrons. The van der Waals surface area contributed by atoms with E-state index in [0.717, 1.165) is 30.6 Å². The molecular weight excluding hydrogens is 232 g/mol. The second-order valence-electron chi connectivity index (χ2n) is 4.17. The fourth-order valence-corrected chi connectivity index (χ4v) is 1.62. The van der Waals surface area contributed by atoms with Crippen molar-refractivity contribution in [2.24, 2.45) is 0 Å². The zero-order valence-electron chi connectivity index (χ0n) is 10.5. The van der Waals surface area contributed by atoms with Crippen molar-refractivity contribution in [1.82, 2.24) is 0 Å². The number of hydrogen-bond donors (Lipinski definition) is 2. The lowest BCUT2D eigenvalue weighted by molar-refractivity contribution is -0.136. The number of carboxylic acid groups (broad SMARTS) is 1. The molecule has 0 spiro atoms. The lowest BCUT2D eigenvalue weighted by Gasteiger charge is -2.07. The molecule has 18 heavy (non-hydrogen) atoms. The van der Waals surface area contributed by atoms with Gasteiger partial charge in [-0.15, -0.1) is 0 Å². The van der Waals surface area contributed by atoms with Gasteiger partial charge in [0.05, 0.1) is 6.61 Å². The zero-order valence-corrected chi connectivity index (χ0v) is 10.5. The van der Waals surface area contributed by atoms with Crippen molar-refractivity contribution >= 4 is 5.97 Å². The maximum Gasteiger partial charge on any atom is 0.303 e. The monoisotopic (exact) mass is 252 g/mol. The third kappa shape index (κ3) is 6.25. The lowest BCUT2D eigenvalue weighted by Crippen LogP contribution is -2.00. The third-order valence-electron chi connectivity index (χ3n) is 2.60. The second-order valence-corrected chi connectivity index (χ2v) is 4.17. The summed E-state index contributed by atoms with van der Waals surface area (Å²) in [5.41, 5.74) is 0.977. The predicted octanol–water partition coefficient (Wildman–Crippen LogP) is 2.25. The van der Waals surface area contributed by atoms with E-state index in [1.807, 2.05) is 24.3 Å². The van der Waals surface area contributed by atoms with E-state index in [1.54, 1.807) is 0 Å². The molecule has 0 aliphatic carbocycles. The van der Waals surface area contributed by atoms with Crippen LogP contribution in [0.2, 0.25) is 0 Å². The molecular formula is C14H20O4. The minimum atomic E-state index is -0.787. The number of carboxylic acids is 1. The van der Waals surface area contributed by atoms with Crippen LogP contribution in [0, 0.1) is 0 Å². The topological polar surface area (TPSA) is 66.8 Å². The van der Waals surface area contributed by atoms with E-state index in [0.29, 0.717) is 13.0 Å². The minimum absolute atomic E-state index is 0.139. The molecule has 0 fully saturated rings.